The van der Waals surface area contributed by atoms with Crippen LogP contribution in [0.2, 0.25) is 0 Å². The van der Waals surface area contributed by atoms with Crippen LogP contribution < -0.4 is 10.6 Å². The zero-order valence-corrected chi connectivity index (χ0v) is 28.7. The number of hydrogen-bond acceptors (Lipinski definition) is 7. The van der Waals surface area contributed by atoms with E-state index in [9.17, 15) is 9.90 Å². The predicted octanol–water partition coefficient (Wildman–Crippen LogP) is 7.32. The summed E-state index contributed by atoms with van der Waals surface area (Å²) in [6.45, 7) is 2.65. The molecular formula is C39H45N5O4S. The number of aliphatic hydroxyl groups excluding tert-OH is 1. The van der Waals surface area contributed by atoms with Crippen LogP contribution in [-0.4, -0.2) is 43.7 Å². The molecule has 256 valence electrons. The Morgan fingerprint density at radius 3 is 2.31 bits per heavy atom. The highest BCUT2D eigenvalue weighted by Crippen LogP contribution is 2.55. The average molecular weight is 680 g/mol. The summed E-state index contributed by atoms with van der Waals surface area (Å²) >= 11 is 1.59. The van der Waals surface area contributed by atoms with Crippen molar-refractivity contribution in [1.29, 1.82) is 0 Å². The molecule has 1 aliphatic heterocycles. The highest BCUT2D eigenvalue weighted by atomic mass is 32.2. The lowest BCUT2D eigenvalue weighted by Crippen LogP contribution is -2.61. The summed E-state index contributed by atoms with van der Waals surface area (Å²) in [7, 11) is 0. The van der Waals surface area contributed by atoms with Crippen molar-refractivity contribution >= 4 is 17.8 Å². The molecule has 49 heavy (non-hydrogen) atoms. The van der Waals surface area contributed by atoms with Crippen molar-refractivity contribution < 1.29 is 19.4 Å². The zero-order chi connectivity index (χ0) is 33.4. The SMILES string of the molecule is C[C@H]1[C@@H](CSc2ncn[nH]2)O[C@@H](c2ccc(-c3cccc(CNC(=O)NC45CC6CC(CC(C6)C4)C5)c3)cc2)O[C@H]1c1ccc(CO)cc1. The summed E-state index contributed by atoms with van der Waals surface area (Å²) in [5.74, 6) is 3.17. The lowest BCUT2D eigenvalue weighted by atomic mass is 9.53. The fraction of sp³-hybridized carbons (Fsp3) is 0.462. The molecule has 4 bridgehead atoms. The Kier molecular flexibility index (Phi) is 9.22. The lowest BCUT2D eigenvalue weighted by molar-refractivity contribution is -0.268. The lowest BCUT2D eigenvalue weighted by Gasteiger charge is -2.56. The number of urea groups is 1. The summed E-state index contributed by atoms with van der Waals surface area (Å²) in [5, 5.41) is 23.8. The van der Waals surface area contributed by atoms with Gasteiger partial charge in [0.1, 0.15) is 6.33 Å². The molecule has 1 aromatic heterocycles. The second kappa shape index (κ2) is 13.9. The molecule has 4 aromatic rings. The number of amides is 2. The Morgan fingerprint density at radius 2 is 1.63 bits per heavy atom. The minimum absolute atomic E-state index is 0.00626. The van der Waals surface area contributed by atoms with Crippen LogP contribution >= 0.6 is 11.8 Å². The molecule has 4 N–H and O–H groups in total. The summed E-state index contributed by atoms with van der Waals surface area (Å²) in [6, 6.07) is 24.7. The molecule has 1 saturated heterocycles. The Labute approximate surface area is 292 Å². The van der Waals surface area contributed by atoms with Gasteiger partial charge in [0.2, 0.25) is 0 Å². The Bertz CT molecular complexity index is 1700. The Balaban J connectivity index is 0.931. The molecule has 2 amide bonds. The fourth-order valence-corrected chi connectivity index (χ4v) is 10.1. The minimum atomic E-state index is -0.545. The number of hydrogen-bond donors (Lipinski definition) is 4. The zero-order valence-electron chi connectivity index (χ0n) is 27.9. The topological polar surface area (TPSA) is 121 Å². The van der Waals surface area contributed by atoms with Crippen molar-refractivity contribution in [1.82, 2.24) is 25.8 Å². The third-order valence-electron chi connectivity index (χ3n) is 11.2. The van der Waals surface area contributed by atoms with Crippen LogP contribution in [0.4, 0.5) is 4.79 Å². The number of ether oxygens (including phenoxy) is 2. The maximum atomic E-state index is 13.1. The van der Waals surface area contributed by atoms with E-state index in [-0.39, 0.29) is 36.3 Å². The van der Waals surface area contributed by atoms with Crippen LogP contribution in [0.1, 0.15) is 80.1 Å². The number of aromatic nitrogens is 3. The second-order valence-corrected chi connectivity index (χ2v) is 15.8. The monoisotopic (exact) mass is 679 g/mol. The van der Waals surface area contributed by atoms with Crippen molar-refractivity contribution in [3.63, 3.8) is 0 Å². The van der Waals surface area contributed by atoms with E-state index in [4.69, 9.17) is 9.47 Å². The molecule has 4 saturated carbocycles. The number of carbonyl (C=O) groups excluding carboxylic acids is 1. The van der Waals surface area contributed by atoms with Gasteiger partial charge in [0, 0.05) is 29.3 Å². The first-order valence-electron chi connectivity index (χ1n) is 17.7. The molecule has 0 spiro atoms. The van der Waals surface area contributed by atoms with Crippen LogP contribution in [0, 0.1) is 23.7 Å². The molecule has 0 unspecified atom stereocenters. The number of nitrogens with zero attached hydrogens (tertiary/aromatic N) is 2. The Hall–Kier alpha value is -3.70. The van der Waals surface area contributed by atoms with Gasteiger partial charge in [-0.05, 0) is 90.2 Å². The van der Waals surface area contributed by atoms with E-state index in [0.717, 1.165) is 75.6 Å². The van der Waals surface area contributed by atoms with Crippen molar-refractivity contribution in [2.45, 2.75) is 87.8 Å². The van der Waals surface area contributed by atoms with E-state index >= 15 is 0 Å². The normalized spacial score (nSPS) is 30.3. The van der Waals surface area contributed by atoms with Gasteiger partial charge >= 0.3 is 6.03 Å². The van der Waals surface area contributed by atoms with Crippen LogP contribution in [0.25, 0.3) is 11.1 Å². The van der Waals surface area contributed by atoms with E-state index < -0.39 is 6.29 Å². The Morgan fingerprint density at radius 1 is 0.918 bits per heavy atom. The largest absolute Gasteiger partial charge is 0.392 e. The van der Waals surface area contributed by atoms with Gasteiger partial charge in [-0.2, -0.15) is 5.10 Å². The van der Waals surface area contributed by atoms with Crippen LogP contribution in [0.15, 0.2) is 84.3 Å². The molecule has 2 heterocycles. The maximum absolute atomic E-state index is 13.1. The van der Waals surface area contributed by atoms with Gasteiger partial charge in [-0.15, -0.1) is 0 Å². The highest BCUT2D eigenvalue weighted by molar-refractivity contribution is 7.99. The van der Waals surface area contributed by atoms with Crippen LogP contribution in [-0.2, 0) is 22.6 Å². The molecular weight excluding hydrogens is 635 g/mol. The molecule has 3 aromatic carbocycles. The van der Waals surface area contributed by atoms with E-state index in [0.29, 0.717) is 12.3 Å². The standard InChI is InChI=1S/C39H45N5O4S/c1-24-34(22-49-38-41-23-42-44-38)47-36(48-35(24)31-7-5-25(21-45)6-8-31)32-11-9-30(10-12-32)33-4-2-3-26(16-33)20-40-37(46)43-39-17-27-13-28(18-39)15-29(14-27)19-39/h2-12,16,23-24,27-29,34-36,45H,13-15,17-22H2,1H3,(H2,40,43,46)(H,41,42,44)/t24-,27?,28?,29?,34+,35+,36+,39?/m0/s1. The predicted molar refractivity (Wildman–Crippen MR) is 188 cm³/mol. The third kappa shape index (κ3) is 7.15. The van der Waals surface area contributed by atoms with Crippen molar-refractivity contribution in [3.8, 4) is 11.1 Å². The average Bonchev–Trinajstić information content (AvgIpc) is 3.64. The van der Waals surface area contributed by atoms with E-state index in [2.05, 4.69) is 81.3 Å². The number of aliphatic hydroxyl groups is 1. The van der Waals surface area contributed by atoms with Crippen molar-refractivity contribution in [2.75, 3.05) is 5.75 Å². The van der Waals surface area contributed by atoms with Gasteiger partial charge in [-0.25, -0.2) is 9.78 Å². The van der Waals surface area contributed by atoms with Crippen molar-refractivity contribution in [2.24, 2.45) is 23.7 Å². The number of aromatic amines is 1. The quantitative estimate of drug-likeness (QED) is 0.130. The molecule has 4 atom stereocenters. The van der Waals surface area contributed by atoms with Gasteiger partial charge in [-0.1, -0.05) is 85.4 Å². The highest BCUT2D eigenvalue weighted by Gasteiger charge is 2.51. The van der Waals surface area contributed by atoms with E-state index in [1.807, 2.05) is 24.3 Å². The number of thioether (sulfide) groups is 1. The number of carbonyl (C=O) groups is 1. The number of H-pyrrole nitrogens is 1. The summed E-state index contributed by atoms with van der Waals surface area (Å²) in [6.07, 6.45) is 8.22. The molecule has 5 fully saturated rings. The molecule has 4 aliphatic carbocycles. The van der Waals surface area contributed by atoms with Crippen molar-refractivity contribution in [3.05, 3.63) is 101 Å². The third-order valence-corrected chi connectivity index (χ3v) is 12.2. The molecule has 0 radical (unpaired) electrons. The molecule has 10 heteroatoms. The molecule has 9 nitrogen and oxygen atoms in total. The smallest absolute Gasteiger partial charge is 0.315 e. The van der Waals surface area contributed by atoms with Crippen LogP contribution in [0.3, 0.4) is 0 Å². The van der Waals surface area contributed by atoms with Gasteiger partial charge in [0.15, 0.2) is 11.4 Å². The van der Waals surface area contributed by atoms with E-state index in [1.54, 1.807) is 11.8 Å². The minimum Gasteiger partial charge on any atom is -0.392 e. The number of rotatable bonds is 10. The summed E-state index contributed by atoms with van der Waals surface area (Å²) < 4.78 is 13.2. The molecule has 9 rings (SSSR count). The number of nitrogens with one attached hydrogen (secondary N) is 3. The van der Waals surface area contributed by atoms with Crippen LogP contribution in [0.5, 0.6) is 0 Å². The summed E-state index contributed by atoms with van der Waals surface area (Å²) in [5.41, 5.74) is 6.12. The van der Waals surface area contributed by atoms with E-state index in [1.165, 1.54) is 25.6 Å². The molecule has 5 aliphatic rings. The summed E-state index contributed by atoms with van der Waals surface area (Å²) in [4.78, 5) is 17.3. The first-order chi connectivity index (χ1) is 23.9. The van der Waals surface area contributed by atoms with Gasteiger partial charge in [-0.3, -0.25) is 5.10 Å². The first kappa shape index (κ1) is 32.5. The van der Waals surface area contributed by atoms with Gasteiger partial charge in [0.25, 0.3) is 0 Å². The van der Waals surface area contributed by atoms with Gasteiger partial charge in [0.05, 0.1) is 18.8 Å². The number of benzene rings is 3. The fourth-order valence-electron chi connectivity index (χ4n) is 9.16. The second-order valence-electron chi connectivity index (χ2n) is 14.8. The van der Waals surface area contributed by atoms with Gasteiger partial charge < -0.3 is 25.2 Å². The maximum Gasteiger partial charge on any atom is 0.315 e. The first-order valence-corrected chi connectivity index (χ1v) is 18.6.